The Bertz CT molecular complexity index is 880. The Hall–Kier alpha value is -2.88. The number of fused-ring (bicyclic) bond motifs is 1. The smallest absolute Gasteiger partial charge is 0.475 e. The predicted molar refractivity (Wildman–Crippen MR) is 84.5 cm³/mol. The number of hydrogen-bond donors (Lipinski definition) is 2. The van der Waals surface area contributed by atoms with Crippen molar-refractivity contribution >= 4 is 45.9 Å². The number of pyridine rings is 1. The van der Waals surface area contributed by atoms with Gasteiger partial charge in [-0.15, -0.1) is 0 Å². The number of carbonyl (C=O) groups excluding carboxylic acids is 2. The molecular formula is C15H9F3N2O4S. The Kier molecular flexibility index (Phi) is 5.42. The molecular weight excluding hydrogens is 361 g/mol. The van der Waals surface area contributed by atoms with Crippen LogP contribution in [0.1, 0.15) is 5.56 Å². The number of aromatic nitrogens is 1. The minimum absolute atomic E-state index is 0.325. The molecule has 3 rings (SSSR count). The summed E-state index contributed by atoms with van der Waals surface area (Å²) < 4.78 is 31.7. The molecule has 0 atom stereocenters. The van der Waals surface area contributed by atoms with E-state index in [1.54, 1.807) is 12.3 Å². The average Bonchev–Trinajstić information content (AvgIpc) is 2.84. The van der Waals surface area contributed by atoms with Gasteiger partial charge in [0.15, 0.2) is 0 Å². The molecule has 0 spiro atoms. The zero-order chi connectivity index (χ0) is 18.6. The van der Waals surface area contributed by atoms with Crippen molar-refractivity contribution in [1.29, 1.82) is 0 Å². The summed E-state index contributed by atoms with van der Waals surface area (Å²) in [6.07, 6.45) is -1.64. The molecule has 1 aliphatic heterocycles. The van der Waals surface area contributed by atoms with E-state index in [0.717, 1.165) is 28.2 Å². The lowest BCUT2D eigenvalue weighted by Crippen LogP contribution is -2.21. The summed E-state index contributed by atoms with van der Waals surface area (Å²) in [5.41, 5.74) is 1.78. The number of thioether (sulfide) groups is 1. The van der Waals surface area contributed by atoms with E-state index in [2.05, 4.69) is 10.3 Å². The third-order valence-electron chi connectivity index (χ3n) is 2.81. The summed E-state index contributed by atoms with van der Waals surface area (Å²) >= 11 is 0.920. The Morgan fingerprint density at radius 2 is 1.92 bits per heavy atom. The molecule has 1 aromatic heterocycles. The van der Waals surface area contributed by atoms with Crippen molar-refractivity contribution in [2.24, 2.45) is 0 Å². The Balaban J connectivity index is 0.000000277. The SMILES string of the molecule is O=C(O)C(F)(F)F.O=C1NC(=O)C(=Cc2ccc3ncccc3c2)S1. The van der Waals surface area contributed by atoms with Gasteiger partial charge >= 0.3 is 12.1 Å². The molecule has 2 N–H and O–H groups in total. The van der Waals surface area contributed by atoms with Crippen LogP contribution in [0.25, 0.3) is 17.0 Å². The van der Waals surface area contributed by atoms with Gasteiger partial charge in [0, 0.05) is 11.6 Å². The number of carboxylic acids is 1. The minimum Gasteiger partial charge on any atom is -0.475 e. The fraction of sp³-hybridized carbons (Fsp3) is 0.0667. The molecule has 6 nitrogen and oxygen atoms in total. The highest BCUT2D eigenvalue weighted by molar-refractivity contribution is 8.18. The first-order chi connectivity index (χ1) is 11.7. The molecule has 25 heavy (non-hydrogen) atoms. The van der Waals surface area contributed by atoms with Gasteiger partial charge in [-0.05, 0) is 41.6 Å². The van der Waals surface area contributed by atoms with Crippen LogP contribution >= 0.6 is 11.8 Å². The molecule has 1 fully saturated rings. The van der Waals surface area contributed by atoms with Gasteiger partial charge in [0.2, 0.25) is 0 Å². The van der Waals surface area contributed by atoms with Crippen molar-refractivity contribution < 1.29 is 32.7 Å². The molecule has 0 aliphatic carbocycles. The number of nitrogens with one attached hydrogen (secondary N) is 1. The van der Waals surface area contributed by atoms with E-state index in [9.17, 15) is 22.8 Å². The first kappa shape index (κ1) is 18.5. The number of amides is 2. The zero-order valence-corrected chi connectivity index (χ0v) is 13.0. The number of carboxylic acid groups (broad SMARTS) is 1. The molecule has 0 bridgehead atoms. The Labute approximate surface area is 142 Å². The number of imide groups is 1. The van der Waals surface area contributed by atoms with Crippen molar-refractivity contribution in [2.45, 2.75) is 6.18 Å². The third kappa shape index (κ3) is 5.05. The molecule has 10 heteroatoms. The molecule has 2 amide bonds. The van der Waals surface area contributed by atoms with Crippen LogP contribution in [-0.2, 0) is 9.59 Å². The van der Waals surface area contributed by atoms with Crippen LogP contribution in [0.5, 0.6) is 0 Å². The van der Waals surface area contributed by atoms with Crippen molar-refractivity contribution in [3.8, 4) is 0 Å². The van der Waals surface area contributed by atoms with Crippen LogP contribution in [0.3, 0.4) is 0 Å². The maximum atomic E-state index is 11.4. The van der Waals surface area contributed by atoms with E-state index in [0.29, 0.717) is 4.91 Å². The van der Waals surface area contributed by atoms with Crippen LogP contribution in [0.4, 0.5) is 18.0 Å². The number of hydrogen-bond acceptors (Lipinski definition) is 5. The molecule has 0 unspecified atom stereocenters. The fourth-order valence-corrected chi connectivity index (χ4v) is 2.44. The van der Waals surface area contributed by atoms with Gasteiger partial charge in [-0.3, -0.25) is 19.9 Å². The van der Waals surface area contributed by atoms with E-state index in [-0.39, 0.29) is 11.1 Å². The topological polar surface area (TPSA) is 96.4 Å². The van der Waals surface area contributed by atoms with Crippen LogP contribution < -0.4 is 5.32 Å². The lowest BCUT2D eigenvalue weighted by Gasteiger charge is -1.99. The predicted octanol–water partition coefficient (Wildman–Crippen LogP) is 3.19. The molecule has 0 saturated carbocycles. The normalized spacial score (nSPS) is 15.7. The van der Waals surface area contributed by atoms with Gasteiger partial charge in [-0.1, -0.05) is 12.1 Å². The van der Waals surface area contributed by atoms with Crippen molar-refractivity contribution in [2.75, 3.05) is 0 Å². The van der Waals surface area contributed by atoms with E-state index in [4.69, 9.17) is 9.90 Å². The summed E-state index contributed by atoms with van der Waals surface area (Å²) in [7, 11) is 0. The first-order valence-corrected chi connectivity index (χ1v) is 7.38. The number of aliphatic carboxylic acids is 1. The zero-order valence-electron chi connectivity index (χ0n) is 12.2. The summed E-state index contributed by atoms with van der Waals surface area (Å²) in [4.78, 5) is 36.0. The summed E-state index contributed by atoms with van der Waals surface area (Å²) in [6.45, 7) is 0. The third-order valence-corrected chi connectivity index (χ3v) is 3.62. The fourth-order valence-electron chi connectivity index (χ4n) is 1.76. The molecule has 0 radical (unpaired) electrons. The lowest BCUT2D eigenvalue weighted by atomic mass is 10.1. The van der Waals surface area contributed by atoms with E-state index in [1.807, 2.05) is 30.3 Å². The largest absolute Gasteiger partial charge is 0.490 e. The van der Waals surface area contributed by atoms with Gasteiger partial charge in [-0.25, -0.2) is 4.79 Å². The number of rotatable bonds is 1. The number of halogens is 3. The molecule has 130 valence electrons. The van der Waals surface area contributed by atoms with Gasteiger partial charge in [0.1, 0.15) is 0 Å². The minimum atomic E-state index is -5.08. The van der Waals surface area contributed by atoms with Crippen molar-refractivity contribution in [3.63, 3.8) is 0 Å². The Morgan fingerprint density at radius 3 is 2.48 bits per heavy atom. The second-order valence-electron chi connectivity index (χ2n) is 4.61. The van der Waals surface area contributed by atoms with Crippen LogP contribution in [0.2, 0.25) is 0 Å². The first-order valence-electron chi connectivity index (χ1n) is 6.56. The monoisotopic (exact) mass is 370 g/mol. The van der Waals surface area contributed by atoms with Crippen molar-refractivity contribution in [3.05, 3.63) is 47.0 Å². The average molecular weight is 370 g/mol. The summed E-state index contributed by atoms with van der Waals surface area (Å²) in [5.74, 6) is -3.09. The second-order valence-corrected chi connectivity index (χ2v) is 5.63. The second kappa shape index (κ2) is 7.34. The van der Waals surface area contributed by atoms with Crippen LogP contribution in [-0.4, -0.2) is 33.4 Å². The number of benzene rings is 1. The van der Waals surface area contributed by atoms with Crippen molar-refractivity contribution in [1.82, 2.24) is 10.3 Å². The van der Waals surface area contributed by atoms with Crippen LogP contribution in [0, 0.1) is 0 Å². The highest BCUT2D eigenvalue weighted by Crippen LogP contribution is 2.26. The summed E-state index contributed by atoms with van der Waals surface area (Å²) in [6, 6.07) is 9.52. The van der Waals surface area contributed by atoms with E-state index in [1.165, 1.54) is 0 Å². The molecule has 2 aromatic rings. The number of alkyl halides is 3. The number of nitrogens with zero attached hydrogens (tertiary/aromatic N) is 1. The van der Waals surface area contributed by atoms with Gasteiger partial charge in [-0.2, -0.15) is 13.2 Å². The molecule has 1 saturated heterocycles. The standard InChI is InChI=1S/C13H8N2O2S.C2HF3O2/c16-12-11(18-13(17)15-12)7-8-3-4-10-9(6-8)2-1-5-14-10;3-2(4,5)1(6)7/h1-7H,(H,15,16,17);(H,6,7). The van der Waals surface area contributed by atoms with Gasteiger partial charge in [0.25, 0.3) is 11.1 Å². The quantitative estimate of drug-likeness (QED) is 0.749. The molecule has 1 aliphatic rings. The maximum Gasteiger partial charge on any atom is 0.490 e. The highest BCUT2D eigenvalue weighted by Gasteiger charge is 2.38. The lowest BCUT2D eigenvalue weighted by molar-refractivity contribution is -0.192. The summed E-state index contributed by atoms with van der Waals surface area (Å²) in [5, 5.41) is 10.0. The van der Waals surface area contributed by atoms with Crippen LogP contribution in [0.15, 0.2) is 41.4 Å². The van der Waals surface area contributed by atoms with Gasteiger partial charge in [0.05, 0.1) is 10.4 Å². The highest BCUT2D eigenvalue weighted by atomic mass is 32.2. The molecule has 1 aromatic carbocycles. The Morgan fingerprint density at radius 1 is 1.24 bits per heavy atom. The number of carbonyl (C=O) groups is 3. The maximum absolute atomic E-state index is 11.4. The molecule has 2 heterocycles. The van der Waals surface area contributed by atoms with E-state index < -0.39 is 12.1 Å². The van der Waals surface area contributed by atoms with E-state index >= 15 is 0 Å². The van der Waals surface area contributed by atoms with Gasteiger partial charge < -0.3 is 5.11 Å².